The molecule has 1 heterocycles. The Labute approximate surface area is 117 Å². The molecule has 0 fully saturated rings. The molecule has 2 N–H and O–H groups in total. The van der Waals surface area contributed by atoms with E-state index in [9.17, 15) is 9.90 Å². The largest absolute Gasteiger partial charge is 0.458 e. The van der Waals surface area contributed by atoms with E-state index in [0.29, 0.717) is 18.0 Å². The van der Waals surface area contributed by atoms with Crippen LogP contribution in [0.25, 0.3) is 11.0 Å². The predicted molar refractivity (Wildman–Crippen MR) is 75.3 cm³/mol. The molecule has 0 saturated carbocycles. The maximum Gasteiger partial charge on any atom is 0.246 e. The molecule has 1 unspecified atom stereocenters. The average Bonchev–Trinajstić information content (AvgIpc) is 2.87. The van der Waals surface area contributed by atoms with Gasteiger partial charge in [0.05, 0.1) is 6.54 Å². The van der Waals surface area contributed by atoms with Gasteiger partial charge in [0.15, 0.2) is 0 Å². The molecule has 0 saturated heterocycles. The fourth-order valence-corrected chi connectivity index (χ4v) is 1.85. The molecule has 108 valence electrons. The van der Waals surface area contributed by atoms with E-state index in [4.69, 9.17) is 9.15 Å². The topological polar surface area (TPSA) is 71.7 Å². The summed E-state index contributed by atoms with van der Waals surface area (Å²) in [5, 5.41) is 14.0. The Morgan fingerprint density at radius 3 is 2.90 bits per heavy atom. The molecule has 1 aromatic carbocycles. The minimum absolute atomic E-state index is 0.00723. The van der Waals surface area contributed by atoms with Crippen molar-refractivity contribution in [3.8, 4) is 0 Å². The van der Waals surface area contributed by atoms with E-state index in [-0.39, 0.29) is 19.1 Å². The number of para-hydroxylation sites is 1. The van der Waals surface area contributed by atoms with E-state index in [2.05, 4.69) is 5.32 Å². The van der Waals surface area contributed by atoms with Gasteiger partial charge in [0.2, 0.25) is 5.91 Å². The average molecular weight is 277 g/mol. The van der Waals surface area contributed by atoms with Crippen LogP contribution in [0.1, 0.15) is 19.6 Å². The van der Waals surface area contributed by atoms with Crippen LogP contribution in [0.15, 0.2) is 34.7 Å². The lowest BCUT2D eigenvalue weighted by atomic mass is 10.0. The van der Waals surface area contributed by atoms with Crippen LogP contribution < -0.4 is 5.32 Å². The van der Waals surface area contributed by atoms with Gasteiger partial charge < -0.3 is 19.6 Å². The number of benzene rings is 1. The Kier molecular flexibility index (Phi) is 4.42. The summed E-state index contributed by atoms with van der Waals surface area (Å²) in [6, 6.07) is 9.30. The predicted octanol–water partition coefficient (Wildman–Crippen LogP) is 1.79. The van der Waals surface area contributed by atoms with Crippen molar-refractivity contribution in [1.82, 2.24) is 5.32 Å². The summed E-state index contributed by atoms with van der Waals surface area (Å²) in [5.41, 5.74) is -0.552. The van der Waals surface area contributed by atoms with Crippen molar-refractivity contribution >= 4 is 16.9 Å². The van der Waals surface area contributed by atoms with Crippen LogP contribution in [0, 0.1) is 0 Å². The second-order valence-electron chi connectivity index (χ2n) is 4.84. The first-order valence-corrected chi connectivity index (χ1v) is 6.59. The second-order valence-corrected chi connectivity index (χ2v) is 4.84. The SMILES string of the molecule is CCOCC(=O)NCC(C)(O)c1cc2ccccc2o1. The van der Waals surface area contributed by atoms with Gasteiger partial charge in [-0.3, -0.25) is 4.79 Å². The van der Waals surface area contributed by atoms with Crippen molar-refractivity contribution in [2.24, 2.45) is 0 Å². The van der Waals surface area contributed by atoms with Crippen LogP contribution in [0.2, 0.25) is 0 Å². The fourth-order valence-electron chi connectivity index (χ4n) is 1.85. The molecular formula is C15H19NO4. The van der Waals surface area contributed by atoms with Crippen molar-refractivity contribution in [3.05, 3.63) is 36.1 Å². The van der Waals surface area contributed by atoms with Crippen LogP contribution in [-0.2, 0) is 15.1 Å². The summed E-state index contributed by atoms with van der Waals surface area (Å²) >= 11 is 0. The molecule has 0 aliphatic carbocycles. The number of hydrogen-bond acceptors (Lipinski definition) is 4. The number of rotatable bonds is 6. The van der Waals surface area contributed by atoms with Gasteiger partial charge in [-0.05, 0) is 26.0 Å². The molecule has 0 aliphatic heterocycles. The zero-order chi connectivity index (χ0) is 14.6. The number of carbonyl (C=O) groups excluding carboxylic acids is 1. The zero-order valence-electron chi connectivity index (χ0n) is 11.7. The monoisotopic (exact) mass is 277 g/mol. The highest BCUT2D eigenvalue weighted by Crippen LogP contribution is 2.27. The number of amides is 1. The van der Waals surface area contributed by atoms with Crippen LogP contribution in [-0.4, -0.2) is 30.8 Å². The minimum Gasteiger partial charge on any atom is -0.458 e. The molecule has 20 heavy (non-hydrogen) atoms. The van der Waals surface area contributed by atoms with E-state index in [0.717, 1.165) is 5.39 Å². The highest BCUT2D eigenvalue weighted by atomic mass is 16.5. The fraction of sp³-hybridized carbons (Fsp3) is 0.400. The Balaban J connectivity index is 2.03. The van der Waals surface area contributed by atoms with Crippen molar-refractivity contribution in [3.63, 3.8) is 0 Å². The standard InChI is InChI=1S/C15H19NO4/c1-3-19-9-14(17)16-10-15(2,18)13-8-11-6-4-5-7-12(11)20-13/h4-8,18H,3,9-10H2,1-2H3,(H,16,17). The molecule has 2 aromatic rings. The van der Waals surface area contributed by atoms with Crippen molar-refractivity contribution in [2.45, 2.75) is 19.4 Å². The molecule has 0 bridgehead atoms. The number of hydrogen-bond donors (Lipinski definition) is 2. The third-order valence-corrected chi connectivity index (χ3v) is 3.02. The maximum absolute atomic E-state index is 11.5. The van der Waals surface area contributed by atoms with Crippen LogP contribution >= 0.6 is 0 Å². The van der Waals surface area contributed by atoms with Gasteiger partial charge in [0.1, 0.15) is 23.6 Å². The third kappa shape index (κ3) is 3.37. The summed E-state index contributed by atoms with van der Waals surface area (Å²) in [6.07, 6.45) is 0. The molecule has 0 spiro atoms. The van der Waals surface area contributed by atoms with E-state index in [1.807, 2.05) is 31.2 Å². The van der Waals surface area contributed by atoms with Gasteiger partial charge in [0, 0.05) is 12.0 Å². The quantitative estimate of drug-likeness (QED) is 0.844. The first-order chi connectivity index (χ1) is 9.53. The van der Waals surface area contributed by atoms with Gasteiger partial charge in [0.25, 0.3) is 0 Å². The van der Waals surface area contributed by atoms with E-state index < -0.39 is 5.60 Å². The summed E-state index contributed by atoms with van der Waals surface area (Å²) < 4.78 is 10.6. The number of nitrogens with one attached hydrogen (secondary N) is 1. The lowest BCUT2D eigenvalue weighted by Crippen LogP contribution is -2.39. The van der Waals surface area contributed by atoms with Gasteiger partial charge in [-0.2, -0.15) is 0 Å². The molecule has 0 radical (unpaired) electrons. The normalized spacial score (nSPS) is 14.2. The number of fused-ring (bicyclic) bond motifs is 1. The number of carbonyl (C=O) groups is 1. The molecular weight excluding hydrogens is 258 g/mol. The van der Waals surface area contributed by atoms with Gasteiger partial charge in [-0.25, -0.2) is 0 Å². The van der Waals surface area contributed by atoms with Crippen molar-refractivity contribution in [2.75, 3.05) is 19.8 Å². The molecule has 5 heteroatoms. The summed E-state index contributed by atoms with van der Waals surface area (Å²) in [7, 11) is 0. The number of ether oxygens (including phenoxy) is 1. The van der Waals surface area contributed by atoms with Gasteiger partial charge in [-0.1, -0.05) is 18.2 Å². The molecule has 2 rings (SSSR count). The summed E-state index contributed by atoms with van der Waals surface area (Å²) in [6.45, 7) is 3.96. The first-order valence-electron chi connectivity index (χ1n) is 6.59. The highest BCUT2D eigenvalue weighted by molar-refractivity contribution is 5.78. The molecule has 0 aliphatic rings. The Morgan fingerprint density at radius 2 is 2.20 bits per heavy atom. The molecule has 1 aromatic heterocycles. The van der Waals surface area contributed by atoms with E-state index >= 15 is 0 Å². The highest BCUT2D eigenvalue weighted by Gasteiger charge is 2.28. The van der Waals surface area contributed by atoms with Crippen molar-refractivity contribution in [1.29, 1.82) is 0 Å². The first kappa shape index (κ1) is 14.6. The second kappa shape index (κ2) is 6.07. The Morgan fingerprint density at radius 1 is 1.45 bits per heavy atom. The summed E-state index contributed by atoms with van der Waals surface area (Å²) in [4.78, 5) is 11.5. The zero-order valence-corrected chi connectivity index (χ0v) is 11.7. The van der Waals surface area contributed by atoms with Crippen molar-refractivity contribution < 1.29 is 19.1 Å². The van der Waals surface area contributed by atoms with Gasteiger partial charge in [-0.15, -0.1) is 0 Å². The molecule has 1 atom stereocenters. The molecule has 1 amide bonds. The van der Waals surface area contributed by atoms with E-state index in [1.54, 1.807) is 13.0 Å². The third-order valence-electron chi connectivity index (χ3n) is 3.02. The number of aliphatic hydroxyl groups is 1. The Bertz CT molecular complexity index is 555. The lowest BCUT2D eigenvalue weighted by Gasteiger charge is -2.21. The van der Waals surface area contributed by atoms with Gasteiger partial charge >= 0.3 is 0 Å². The maximum atomic E-state index is 11.5. The van der Waals surface area contributed by atoms with Crippen LogP contribution in [0.4, 0.5) is 0 Å². The smallest absolute Gasteiger partial charge is 0.246 e. The minimum atomic E-state index is -1.26. The van der Waals surface area contributed by atoms with Crippen LogP contribution in [0.3, 0.4) is 0 Å². The lowest BCUT2D eigenvalue weighted by molar-refractivity contribution is -0.126. The Hall–Kier alpha value is -1.85. The number of furan rings is 1. The summed E-state index contributed by atoms with van der Waals surface area (Å²) in [5.74, 6) is 0.165. The van der Waals surface area contributed by atoms with Crippen LogP contribution in [0.5, 0.6) is 0 Å². The molecule has 5 nitrogen and oxygen atoms in total. The van der Waals surface area contributed by atoms with E-state index in [1.165, 1.54) is 0 Å².